The molecule has 0 spiro atoms. The van der Waals surface area contributed by atoms with Gasteiger partial charge in [0, 0.05) is 5.75 Å². The second-order valence-corrected chi connectivity index (χ2v) is 6.20. The topological polar surface area (TPSA) is 223 Å². The number of Topliss-reactive ketones (excluding diaryl/α,β-unsaturated/α-hetero) is 1. The van der Waals surface area contributed by atoms with E-state index in [0.29, 0.717) is 6.92 Å². The molecule has 0 amide bonds. The van der Waals surface area contributed by atoms with Gasteiger partial charge in [0.25, 0.3) is 0 Å². The molecule has 26 heavy (non-hydrogen) atoms. The fourth-order valence-corrected chi connectivity index (χ4v) is 1.47. The first-order valence-electron chi connectivity index (χ1n) is 6.19. The van der Waals surface area contributed by atoms with Gasteiger partial charge in [0.15, 0.2) is 5.78 Å². The number of ketones is 1. The summed E-state index contributed by atoms with van der Waals surface area (Å²) in [5, 5.41) is 51.9. The van der Waals surface area contributed by atoms with Crippen LogP contribution in [0.4, 0.5) is 0 Å². The smallest absolute Gasteiger partial charge is 0.748 e. The molecule has 0 unspecified atom stereocenters. The summed E-state index contributed by atoms with van der Waals surface area (Å²) in [7, 11) is -3.91. The number of carbonyl (C=O) groups excluding carboxylic acids is 2. The van der Waals surface area contributed by atoms with Crippen LogP contribution in [0.25, 0.3) is 0 Å². The molecule has 4 N–H and O–H groups in total. The predicted molar refractivity (Wildman–Crippen MR) is 66.0 cm³/mol. The third kappa shape index (κ3) is 6.98. The molecule has 1 aliphatic rings. The van der Waals surface area contributed by atoms with Crippen molar-refractivity contribution in [3.05, 3.63) is 0 Å². The van der Waals surface area contributed by atoms with Crippen molar-refractivity contribution in [3.63, 3.8) is 0 Å². The molecule has 0 aromatic heterocycles. The molecule has 16 heteroatoms. The number of hydrogen-bond acceptors (Lipinski definition) is 13. The van der Waals surface area contributed by atoms with Crippen LogP contribution < -0.4 is 64.2 Å². The minimum Gasteiger partial charge on any atom is -0.748 e. The van der Waals surface area contributed by atoms with Crippen LogP contribution in [0.5, 0.6) is 0 Å². The summed E-state index contributed by atoms with van der Waals surface area (Å²) < 4.78 is 28.3. The third-order valence-electron chi connectivity index (χ3n) is 2.94. The molecule has 1 saturated heterocycles. The molecule has 13 nitrogen and oxygen atoms in total. The molecule has 0 aliphatic carbocycles. The third-order valence-corrected chi connectivity index (χ3v) is 3.65. The van der Waals surface area contributed by atoms with Crippen LogP contribution in [-0.2, 0) is 34.5 Å². The summed E-state index contributed by atoms with van der Waals surface area (Å²) in [6.45, 7) is 0.964. The average molecular weight is 422 g/mol. The minimum absolute atomic E-state index is 0. The first-order chi connectivity index (χ1) is 10.8. The van der Waals surface area contributed by atoms with E-state index >= 15 is 0 Å². The van der Waals surface area contributed by atoms with E-state index in [1.165, 1.54) is 6.92 Å². The van der Waals surface area contributed by atoms with Crippen molar-refractivity contribution in [2.45, 2.75) is 37.4 Å². The van der Waals surface area contributed by atoms with Crippen molar-refractivity contribution in [2.24, 2.45) is 0 Å². The van der Waals surface area contributed by atoms with Crippen molar-refractivity contribution in [1.29, 1.82) is 0 Å². The van der Waals surface area contributed by atoms with E-state index in [4.69, 9.17) is 5.11 Å². The van der Waals surface area contributed by atoms with Crippen molar-refractivity contribution in [1.82, 2.24) is 0 Å². The molecular formula is C10H16Na2O13S. The number of aliphatic hydroxyl groups is 4. The molecular weight excluding hydrogens is 406 g/mol. The van der Waals surface area contributed by atoms with E-state index in [1.807, 2.05) is 0 Å². The van der Waals surface area contributed by atoms with E-state index in [2.05, 4.69) is 14.8 Å². The second-order valence-electron chi connectivity index (χ2n) is 4.50. The van der Waals surface area contributed by atoms with Gasteiger partial charge in [0.2, 0.25) is 5.60 Å². The van der Waals surface area contributed by atoms with Crippen LogP contribution in [0.2, 0.25) is 0 Å². The summed E-state index contributed by atoms with van der Waals surface area (Å²) in [4.78, 5) is 30.3. The number of carbonyl (C=O) groups is 2. The molecule has 1 rings (SSSR count). The Balaban J connectivity index is -0.000000575. The molecule has 0 saturated carbocycles. The van der Waals surface area contributed by atoms with Crippen LogP contribution in [0.15, 0.2) is 0 Å². The Morgan fingerprint density at radius 3 is 1.77 bits per heavy atom. The molecule has 0 aromatic rings. The maximum atomic E-state index is 11.4. The molecule has 142 valence electrons. The summed E-state index contributed by atoms with van der Waals surface area (Å²) in [6, 6.07) is 0. The SMILES string of the molecule is CC(=O)[C@](O)([C@H](O)[C@H](O)CO)C1(C(=O)[O-])OOO1.CCS(=O)(=O)[O-].[Na+].[Na+]. The second kappa shape index (κ2) is 12.4. The van der Waals surface area contributed by atoms with E-state index in [0.717, 1.165) is 0 Å². The number of hydrogen-bond donors (Lipinski definition) is 4. The quantitative estimate of drug-likeness (QED) is 0.170. The number of aliphatic hydroxyl groups excluding tert-OH is 3. The predicted octanol–water partition coefficient (Wildman–Crippen LogP) is -11.1. The number of carboxylic acid groups (broad SMARTS) is 1. The van der Waals surface area contributed by atoms with Crippen molar-refractivity contribution < 1.29 is 122 Å². The van der Waals surface area contributed by atoms with Crippen LogP contribution in [0, 0.1) is 0 Å². The molecule has 3 atom stereocenters. The van der Waals surface area contributed by atoms with Gasteiger partial charge in [-0.25, -0.2) is 8.42 Å². The molecule has 0 radical (unpaired) electrons. The van der Waals surface area contributed by atoms with Gasteiger partial charge in [-0.05, 0) is 6.92 Å². The van der Waals surface area contributed by atoms with Gasteiger partial charge in [-0.1, -0.05) is 12.0 Å². The first kappa shape index (κ1) is 31.5. The van der Waals surface area contributed by atoms with Gasteiger partial charge in [-0.2, -0.15) is 9.78 Å². The average Bonchev–Trinajstić information content (AvgIpc) is 2.43. The van der Waals surface area contributed by atoms with Gasteiger partial charge < -0.3 is 34.9 Å². The first-order valence-corrected chi connectivity index (χ1v) is 7.76. The molecule has 0 aromatic carbocycles. The van der Waals surface area contributed by atoms with E-state index < -0.39 is 52.1 Å². The van der Waals surface area contributed by atoms with Crippen LogP contribution in [-0.4, -0.2) is 81.1 Å². The van der Waals surface area contributed by atoms with Crippen molar-refractivity contribution in [2.75, 3.05) is 12.4 Å². The monoisotopic (exact) mass is 422 g/mol. The fourth-order valence-electron chi connectivity index (χ4n) is 1.47. The standard InChI is InChI=1S/C8H12O10.C2H6O3S.2Na/c1-3(10)7(15,5(12)4(11)2-9)8(6(13)14)16-18-17-8;1-2-6(3,4)5;;/h4-5,9,11-12,15H,2H2,1H3,(H,13,14);2H2,1H3,(H,3,4,5);;/q;;2*+1/p-2/t4-,5-,7+;;;/m1.../s1. The van der Waals surface area contributed by atoms with Gasteiger partial charge in [-0.15, -0.1) is 0 Å². The Bertz CT molecular complexity index is 563. The van der Waals surface area contributed by atoms with Gasteiger partial charge in [0.1, 0.15) is 18.2 Å². The maximum Gasteiger partial charge on any atom is 1.00 e. The molecule has 1 heterocycles. The largest absolute Gasteiger partial charge is 1.00 e. The summed E-state index contributed by atoms with van der Waals surface area (Å²) >= 11 is 0. The number of aliphatic carboxylic acids is 1. The zero-order valence-corrected chi connectivity index (χ0v) is 19.3. The normalized spacial score (nSPS) is 19.7. The Labute approximate surface area is 192 Å². The number of carboxylic acids is 1. The van der Waals surface area contributed by atoms with Crippen LogP contribution in [0.1, 0.15) is 13.8 Å². The van der Waals surface area contributed by atoms with Gasteiger partial charge >= 0.3 is 64.9 Å². The van der Waals surface area contributed by atoms with Crippen molar-refractivity contribution in [3.8, 4) is 0 Å². The zero-order valence-electron chi connectivity index (χ0n) is 14.4. The fraction of sp³-hybridized carbons (Fsp3) is 0.800. The molecule has 1 aliphatic heterocycles. The molecule has 0 bridgehead atoms. The van der Waals surface area contributed by atoms with Crippen LogP contribution >= 0.6 is 0 Å². The maximum absolute atomic E-state index is 11.4. The Hall–Kier alpha value is 0.770. The van der Waals surface area contributed by atoms with Gasteiger partial charge in [0.05, 0.1) is 16.7 Å². The Morgan fingerprint density at radius 2 is 1.62 bits per heavy atom. The summed E-state index contributed by atoms with van der Waals surface area (Å²) in [6.07, 6.45) is -4.44. The summed E-state index contributed by atoms with van der Waals surface area (Å²) in [5.74, 6) is -6.97. The van der Waals surface area contributed by atoms with Crippen molar-refractivity contribution >= 4 is 21.9 Å². The van der Waals surface area contributed by atoms with E-state index in [9.17, 15) is 43.0 Å². The summed E-state index contributed by atoms with van der Waals surface area (Å²) in [5.41, 5.74) is -3.23. The zero-order chi connectivity index (χ0) is 19.3. The minimum atomic E-state index is -3.91. The van der Waals surface area contributed by atoms with Crippen LogP contribution in [0.3, 0.4) is 0 Å². The van der Waals surface area contributed by atoms with E-state index in [1.54, 1.807) is 0 Å². The Kier molecular flexibility index (Phi) is 15.0. The Morgan fingerprint density at radius 1 is 1.23 bits per heavy atom. The number of rotatable bonds is 7. The molecule has 1 fully saturated rings. The van der Waals surface area contributed by atoms with Gasteiger partial charge in [-0.3, -0.25) is 4.79 Å². The van der Waals surface area contributed by atoms with E-state index in [-0.39, 0.29) is 64.9 Å².